The highest BCUT2D eigenvalue weighted by molar-refractivity contribution is 7.25. The summed E-state index contributed by atoms with van der Waals surface area (Å²) in [5.41, 5.74) is 14.0. The number of para-hydroxylation sites is 2. The van der Waals surface area contributed by atoms with Crippen molar-refractivity contribution in [2.45, 2.75) is 0 Å². The second-order valence-corrected chi connectivity index (χ2v) is 24.5. The largest absolute Gasteiger partial charge is 0.311 e. The van der Waals surface area contributed by atoms with E-state index in [4.69, 9.17) is 0 Å². The van der Waals surface area contributed by atoms with E-state index < -0.39 is 8.07 Å². The average Bonchev–Trinajstić information content (AvgIpc) is 4.05. The lowest BCUT2D eigenvalue weighted by Gasteiger charge is -2.35. The molecule has 0 aliphatic carbocycles. The number of fused-ring (bicyclic) bond motifs is 6. The van der Waals surface area contributed by atoms with Crippen molar-refractivity contribution in [2.24, 2.45) is 0 Å². The zero-order chi connectivity index (χ0) is 50.4. The fraction of sp³-hybridized carbons (Fsp3) is 0. The number of hydrogen-bond acceptors (Lipinski definition) is 2. The van der Waals surface area contributed by atoms with E-state index in [-0.39, 0.29) is 0 Å². The number of thiophene rings is 1. The van der Waals surface area contributed by atoms with Gasteiger partial charge in [0, 0.05) is 53.7 Å². The minimum Gasteiger partial charge on any atom is -0.311 e. The van der Waals surface area contributed by atoms with Crippen LogP contribution in [0.3, 0.4) is 0 Å². The normalized spacial score (nSPS) is 11.7. The molecule has 0 aliphatic rings. The quantitative estimate of drug-likeness (QED) is 0.0926. The van der Waals surface area contributed by atoms with Crippen molar-refractivity contribution < 1.29 is 0 Å². The van der Waals surface area contributed by atoms with Gasteiger partial charge in [-0.25, -0.2) is 0 Å². The Hall–Kier alpha value is -9.32. The van der Waals surface area contributed by atoms with Crippen molar-refractivity contribution in [2.75, 3.05) is 4.90 Å². The predicted molar refractivity (Wildman–Crippen MR) is 328 cm³/mol. The maximum atomic E-state index is 2.40. The summed E-state index contributed by atoms with van der Waals surface area (Å²) >= 11 is 1.86. The first-order chi connectivity index (χ1) is 37.7. The molecule has 0 radical (unpaired) electrons. The number of benzene rings is 12. The van der Waals surface area contributed by atoms with Crippen LogP contribution in [0.2, 0.25) is 0 Å². The highest BCUT2D eigenvalue weighted by atomic mass is 32.1. The summed E-state index contributed by atoms with van der Waals surface area (Å²) in [5.74, 6) is 0. The topological polar surface area (TPSA) is 8.17 Å². The van der Waals surface area contributed by atoms with Crippen molar-refractivity contribution in [1.29, 1.82) is 0 Å². The molecule has 0 fully saturated rings. The molecule has 0 aliphatic heterocycles. The molecule has 0 saturated heterocycles. The standard InChI is InChI=1S/C72H50N2SSi/c1-5-18-56(19-6-1)74-68-29-15-13-27-66(68)72-64(28-17-30-69(72)74)54-34-32-51(33-35-54)52-36-41-57(42-37-52)73(58-43-38-53(39-44-58)55-40-49-71-67(50-55)65-26-14-16-31-70(65)75-71)59-45-47-63(48-46-59)76(60-20-7-2-8-21-60,61-22-9-3-10-23-61)62-24-11-4-12-25-62/h1-50H. The second kappa shape index (κ2) is 19.2. The summed E-state index contributed by atoms with van der Waals surface area (Å²) in [6.45, 7) is 0. The van der Waals surface area contributed by atoms with Gasteiger partial charge < -0.3 is 9.47 Å². The Balaban J connectivity index is 0.846. The van der Waals surface area contributed by atoms with Gasteiger partial charge in [0.05, 0.1) is 11.0 Å². The molecule has 76 heavy (non-hydrogen) atoms. The van der Waals surface area contributed by atoms with E-state index in [0.29, 0.717) is 0 Å². The third-order valence-corrected chi connectivity index (χ3v) is 21.3. The van der Waals surface area contributed by atoms with Crippen LogP contribution in [-0.4, -0.2) is 12.6 Å². The monoisotopic (exact) mass is 1000 g/mol. The number of aromatic nitrogens is 1. The zero-order valence-corrected chi connectivity index (χ0v) is 43.5. The zero-order valence-electron chi connectivity index (χ0n) is 41.7. The smallest absolute Gasteiger partial charge is 0.179 e. The van der Waals surface area contributed by atoms with Crippen LogP contribution in [0.15, 0.2) is 303 Å². The first-order valence-corrected chi connectivity index (χ1v) is 28.9. The Labute approximate surface area is 448 Å². The number of hydrogen-bond donors (Lipinski definition) is 0. The summed E-state index contributed by atoms with van der Waals surface area (Å²) in [7, 11) is -2.72. The predicted octanol–water partition coefficient (Wildman–Crippen LogP) is 17.0. The van der Waals surface area contributed by atoms with Gasteiger partial charge in [-0.1, -0.05) is 224 Å². The molecule has 2 heterocycles. The number of anilines is 3. The molecule has 0 atom stereocenters. The molecule has 0 N–H and O–H groups in total. The van der Waals surface area contributed by atoms with Gasteiger partial charge in [0.1, 0.15) is 0 Å². The molecule has 358 valence electrons. The lowest BCUT2D eigenvalue weighted by Crippen LogP contribution is -2.74. The third-order valence-electron chi connectivity index (χ3n) is 15.4. The van der Waals surface area contributed by atoms with Gasteiger partial charge >= 0.3 is 0 Å². The molecular weight excluding hydrogens is 953 g/mol. The first kappa shape index (κ1) is 45.3. The van der Waals surface area contributed by atoms with E-state index in [1.807, 2.05) is 11.3 Å². The van der Waals surface area contributed by atoms with Gasteiger partial charge in [-0.2, -0.15) is 0 Å². The van der Waals surface area contributed by atoms with Gasteiger partial charge in [-0.15, -0.1) is 11.3 Å². The molecule has 0 amide bonds. The fourth-order valence-corrected chi connectivity index (χ4v) is 17.7. The van der Waals surface area contributed by atoms with Crippen molar-refractivity contribution >= 4 is 99.2 Å². The first-order valence-electron chi connectivity index (χ1n) is 26.1. The van der Waals surface area contributed by atoms with Crippen molar-refractivity contribution in [3.8, 4) is 39.1 Å². The van der Waals surface area contributed by atoms with E-state index in [9.17, 15) is 0 Å². The summed E-state index contributed by atoms with van der Waals surface area (Å²) in [5, 5.41) is 10.6. The van der Waals surface area contributed by atoms with Crippen LogP contribution >= 0.6 is 11.3 Å². The minimum absolute atomic E-state index is 1.09. The van der Waals surface area contributed by atoms with Gasteiger partial charge in [-0.05, 0) is 133 Å². The van der Waals surface area contributed by atoms with Gasteiger partial charge in [0.2, 0.25) is 0 Å². The average molecular weight is 1000 g/mol. The van der Waals surface area contributed by atoms with Crippen LogP contribution in [-0.2, 0) is 0 Å². The second-order valence-electron chi connectivity index (χ2n) is 19.6. The summed E-state index contributed by atoms with van der Waals surface area (Å²) in [6.07, 6.45) is 0. The summed E-state index contributed by atoms with van der Waals surface area (Å²) < 4.78 is 5.02. The van der Waals surface area contributed by atoms with Crippen LogP contribution in [0.1, 0.15) is 0 Å². The summed E-state index contributed by atoms with van der Waals surface area (Å²) in [6, 6.07) is 112. The fourth-order valence-electron chi connectivity index (χ4n) is 11.8. The van der Waals surface area contributed by atoms with Crippen molar-refractivity contribution in [1.82, 2.24) is 4.57 Å². The van der Waals surface area contributed by atoms with Crippen LogP contribution < -0.4 is 25.6 Å². The van der Waals surface area contributed by atoms with E-state index in [1.54, 1.807) is 0 Å². The molecular formula is C72H50N2SSi. The SMILES string of the molecule is c1ccc(-n2c3ccccc3c3c(-c4ccc(-c5ccc(N(c6ccc(-c7ccc8sc9ccccc9c8c7)cc6)c6ccc([Si](c7ccccc7)(c7ccccc7)c7ccccc7)cc6)cc5)cc4)cccc32)cc1. The minimum atomic E-state index is -2.72. The lowest BCUT2D eigenvalue weighted by atomic mass is 9.97. The Bertz CT molecular complexity index is 4240. The van der Waals surface area contributed by atoms with Crippen molar-refractivity contribution in [3.63, 3.8) is 0 Å². The van der Waals surface area contributed by atoms with Crippen LogP contribution in [0, 0.1) is 0 Å². The van der Waals surface area contributed by atoms with Gasteiger partial charge in [0.15, 0.2) is 8.07 Å². The molecule has 12 aromatic carbocycles. The molecule has 2 nitrogen and oxygen atoms in total. The molecule has 0 unspecified atom stereocenters. The number of rotatable bonds is 11. The molecule has 4 heteroatoms. The summed E-state index contributed by atoms with van der Waals surface area (Å²) in [4.78, 5) is 2.40. The van der Waals surface area contributed by atoms with Gasteiger partial charge in [-0.3, -0.25) is 0 Å². The Morgan fingerprint density at radius 1 is 0.289 bits per heavy atom. The van der Waals surface area contributed by atoms with E-state index in [1.165, 1.54) is 96.1 Å². The van der Waals surface area contributed by atoms with E-state index in [2.05, 4.69) is 313 Å². The Morgan fingerprint density at radius 3 is 1.30 bits per heavy atom. The van der Waals surface area contributed by atoms with Crippen LogP contribution in [0.25, 0.3) is 81.0 Å². The van der Waals surface area contributed by atoms with E-state index in [0.717, 1.165) is 22.7 Å². The molecule has 0 bridgehead atoms. The lowest BCUT2D eigenvalue weighted by molar-refractivity contribution is 1.18. The highest BCUT2D eigenvalue weighted by Crippen LogP contribution is 2.41. The van der Waals surface area contributed by atoms with Gasteiger partial charge in [0.25, 0.3) is 0 Å². The van der Waals surface area contributed by atoms with Crippen LogP contribution in [0.4, 0.5) is 17.1 Å². The van der Waals surface area contributed by atoms with E-state index >= 15 is 0 Å². The maximum absolute atomic E-state index is 2.72. The third kappa shape index (κ3) is 7.77. The Morgan fingerprint density at radius 2 is 0.711 bits per heavy atom. The van der Waals surface area contributed by atoms with Crippen molar-refractivity contribution in [3.05, 3.63) is 303 Å². The molecule has 0 saturated carbocycles. The maximum Gasteiger partial charge on any atom is 0.179 e. The molecule has 14 rings (SSSR count). The molecule has 2 aromatic heterocycles. The molecule has 0 spiro atoms. The van der Waals surface area contributed by atoms with Crippen LogP contribution in [0.5, 0.6) is 0 Å². The Kier molecular flexibility index (Phi) is 11.4. The number of nitrogens with zero attached hydrogens (tertiary/aromatic N) is 2. The molecule has 14 aromatic rings. The highest BCUT2D eigenvalue weighted by Gasteiger charge is 2.41.